The van der Waals surface area contributed by atoms with Gasteiger partial charge in [0.25, 0.3) is 5.56 Å². The minimum atomic E-state index is -0.180. The SMILES string of the molecule is CNc1cc(-c2c[nH]c(=O)c(N[C@@H]3CCCN(C(=O)C=CCc4ccccn4)C3)c2)ccn1. The Morgan fingerprint density at radius 1 is 1.21 bits per heavy atom. The number of nitrogens with zero attached hydrogens (tertiary/aromatic N) is 3. The molecule has 0 radical (unpaired) electrons. The van der Waals surface area contributed by atoms with E-state index in [1.807, 2.05) is 54.4 Å². The Bertz CT molecular complexity index is 1170. The van der Waals surface area contributed by atoms with E-state index in [9.17, 15) is 9.59 Å². The quantitative estimate of drug-likeness (QED) is 0.484. The zero-order chi connectivity index (χ0) is 23.0. The molecular weight excluding hydrogens is 416 g/mol. The maximum atomic E-state index is 12.7. The highest BCUT2D eigenvalue weighted by Crippen LogP contribution is 2.23. The molecule has 4 heterocycles. The Hall–Kier alpha value is -3.94. The van der Waals surface area contributed by atoms with E-state index in [1.54, 1.807) is 24.7 Å². The Balaban J connectivity index is 1.40. The van der Waals surface area contributed by atoms with Crippen LogP contribution in [0.25, 0.3) is 11.1 Å². The van der Waals surface area contributed by atoms with Crippen LogP contribution in [0.4, 0.5) is 11.5 Å². The van der Waals surface area contributed by atoms with Crippen LogP contribution in [0.3, 0.4) is 0 Å². The molecule has 33 heavy (non-hydrogen) atoms. The summed E-state index contributed by atoms with van der Waals surface area (Å²) < 4.78 is 0. The fourth-order valence-electron chi connectivity index (χ4n) is 3.92. The third-order valence-corrected chi connectivity index (χ3v) is 5.66. The maximum absolute atomic E-state index is 12.7. The van der Waals surface area contributed by atoms with Crippen LogP contribution in [0.15, 0.2) is 71.9 Å². The van der Waals surface area contributed by atoms with Gasteiger partial charge >= 0.3 is 0 Å². The number of rotatable bonds is 7. The number of pyridine rings is 3. The van der Waals surface area contributed by atoms with Crippen molar-refractivity contribution in [2.45, 2.75) is 25.3 Å². The van der Waals surface area contributed by atoms with Crippen molar-refractivity contribution in [1.82, 2.24) is 19.9 Å². The van der Waals surface area contributed by atoms with E-state index in [1.165, 1.54) is 0 Å². The van der Waals surface area contributed by atoms with Gasteiger partial charge in [-0.05, 0) is 54.8 Å². The Morgan fingerprint density at radius 3 is 2.94 bits per heavy atom. The van der Waals surface area contributed by atoms with E-state index in [0.717, 1.165) is 35.5 Å². The van der Waals surface area contributed by atoms with E-state index in [0.29, 0.717) is 25.2 Å². The van der Waals surface area contributed by atoms with E-state index in [2.05, 4.69) is 25.6 Å². The summed E-state index contributed by atoms with van der Waals surface area (Å²) in [5.74, 6) is 0.738. The molecule has 170 valence electrons. The molecule has 3 aromatic heterocycles. The van der Waals surface area contributed by atoms with Crippen LogP contribution in [0.2, 0.25) is 0 Å². The molecule has 8 nitrogen and oxygen atoms in total. The molecule has 3 N–H and O–H groups in total. The molecule has 0 bridgehead atoms. The van der Waals surface area contributed by atoms with Gasteiger partial charge < -0.3 is 20.5 Å². The fourth-order valence-corrected chi connectivity index (χ4v) is 3.92. The van der Waals surface area contributed by atoms with Crippen molar-refractivity contribution in [2.75, 3.05) is 30.8 Å². The lowest BCUT2D eigenvalue weighted by Gasteiger charge is -2.33. The number of aromatic amines is 1. The summed E-state index contributed by atoms with van der Waals surface area (Å²) in [5, 5.41) is 6.37. The van der Waals surface area contributed by atoms with Gasteiger partial charge in [0, 0.05) is 62.4 Å². The van der Waals surface area contributed by atoms with Gasteiger partial charge in [-0.25, -0.2) is 4.98 Å². The molecule has 3 aromatic rings. The second kappa shape index (κ2) is 10.6. The first-order valence-corrected chi connectivity index (χ1v) is 11.1. The number of hydrogen-bond donors (Lipinski definition) is 3. The first kappa shape index (κ1) is 22.3. The highest BCUT2D eigenvalue weighted by Gasteiger charge is 2.23. The number of likely N-dealkylation sites (tertiary alicyclic amines) is 1. The number of nitrogens with one attached hydrogen (secondary N) is 3. The zero-order valence-corrected chi connectivity index (χ0v) is 18.6. The van der Waals surface area contributed by atoms with Gasteiger partial charge in [-0.2, -0.15) is 0 Å². The second-order valence-electron chi connectivity index (χ2n) is 8.01. The average Bonchev–Trinajstić information content (AvgIpc) is 2.86. The molecule has 8 heteroatoms. The molecule has 1 atom stereocenters. The normalized spacial score (nSPS) is 16.0. The summed E-state index contributed by atoms with van der Waals surface area (Å²) in [6, 6.07) is 11.4. The molecule has 1 aliphatic heterocycles. The second-order valence-corrected chi connectivity index (χ2v) is 8.01. The van der Waals surface area contributed by atoms with Crippen molar-refractivity contribution < 1.29 is 4.79 Å². The summed E-state index contributed by atoms with van der Waals surface area (Å²) in [7, 11) is 1.82. The number of amides is 1. The third kappa shape index (κ3) is 5.85. The van der Waals surface area contributed by atoms with Gasteiger partial charge in [-0.1, -0.05) is 12.1 Å². The summed E-state index contributed by atoms with van der Waals surface area (Å²) in [4.78, 5) is 38.3. The Kier molecular flexibility index (Phi) is 7.14. The predicted molar refractivity (Wildman–Crippen MR) is 130 cm³/mol. The van der Waals surface area contributed by atoms with Crippen LogP contribution in [0, 0.1) is 0 Å². The van der Waals surface area contributed by atoms with Gasteiger partial charge in [0.1, 0.15) is 11.5 Å². The zero-order valence-electron chi connectivity index (χ0n) is 18.6. The summed E-state index contributed by atoms with van der Waals surface area (Å²) in [6.07, 6.45) is 11.0. The van der Waals surface area contributed by atoms with Crippen LogP contribution in [0.5, 0.6) is 0 Å². The van der Waals surface area contributed by atoms with E-state index in [4.69, 9.17) is 0 Å². The lowest BCUT2D eigenvalue weighted by Crippen LogP contribution is -2.45. The first-order chi connectivity index (χ1) is 16.1. The highest BCUT2D eigenvalue weighted by molar-refractivity contribution is 5.87. The molecular formula is C25H28N6O2. The van der Waals surface area contributed by atoms with Gasteiger partial charge in [-0.3, -0.25) is 14.6 Å². The number of piperidine rings is 1. The summed E-state index contributed by atoms with van der Waals surface area (Å²) >= 11 is 0. The number of allylic oxidation sites excluding steroid dienone is 1. The molecule has 0 saturated carbocycles. The molecule has 0 aromatic carbocycles. The number of aromatic nitrogens is 3. The fraction of sp³-hybridized carbons (Fsp3) is 0.280. The number of carbonyl (C=O) groups excluding carboxylic acids is 1. The average molecular weight is 445 g/mol. The van der Waals surface area contributed by atoms with Crippen LogP contribution >= 0.6 is 0 Å². The molecule has 0 spiro atoms. The van der Waals surface area contributed by atoms with Gasteiger partial charge in [0.15, 0.2) is 0 Å². The van der Waals surface area contributed by atoms with Crippen LogP contribution in [-0.2, 0) is 11.2 Å². The standard InChI is InChI=1S/C25H28N6O2/c1-26-23-15-18(10-12-28-23)19-14-22(25(33)29-16-19)30-21-8-5-13-31(17-21)24(32)9-4-7-20-6-2-3-11-27-20/h2-4,6,9-12,14-16,21,30H,5,7-8,13,17H2,1H3,(H,26,28)(H,29,33)/t21-/m1/s1. The van der Waals surface area contributed by atoms with Crippen LogP contribution < -0.4 is 16.2 Å². The monoisotopic (exact) mass is 444 g/mol. The first-order valence-electron chi connectivity index (χ1n) is 11.1. The van der Waals surface area contributed by atoms with Crippen molar-refractivity contribution in [1.29, 1.82) is 0 Å². The minimum absolute atomic E-state index is 0.00792. The largest absolute Gasteiger partial charge is 0.376 e. The van der Waals surface area contributed by atoms with E-state index in [-0.39, 0.29) is 17.5 Å². The lowest BCUT2D eigenvalue weighted by molar-refractivity contribution is -0.127. The summed E-state index contributed by atoms with van der Waals surface area (Å²) in [5.41, 5.74) is 3.08. The molecule has 0 aliphatic carbocycles. The maximum Gasteiger partial charge on any atom is 0.271 e. The number of H-pyrrole nitrogens is 1. The predicted octanol–water partition coefficient (Wildman–Crippen LogP) is 3.08. The van der Waals surface area contributed by atoms with Gasteiger partial charge in [0.2, 0.25) is 5.91 Å². The van der Waals surface area contributed by atoms with Crippen molar-refractivity contribution in [3.8, 4) is 11.1 Å². The Labute approximate surface area is 192 Å². The van der Waals surface area contributed by atoms with Crippen molar-refractivity contribution in [3.05, 3.63) is 83.2 Å². The van der Waals surface area contributed by atoms with Crippen LogP contribution in [0.1, 0.15) is 18.5 Å². The molecule has 1 aliphatic rings. The Morgan fingerprint density at radius 2 is 2.12 bits per heavy atom. The van der Waals surface area contributed by atoms with Gasteiger partial charge in [0.05, 0.1) is 0 Å². The van der Waals surface area contributed by atoms with E-state index >= 15 is 0 Å². The summed E-state index contributed by atoms with van der Waals surface area (Å²) in [6.45, 7) is 1.26. The molecule has 1 saturated heterocycles. The number of anilines is 2. The third-order valence-electron chi connectivity index (χ3n) is 5.66. The number of carbonyl (C=O) groups is 1. The van der Waals surface area contributed by atoms with Crippen molar-refractivity contribution >= 4 is 17.4 Å². The highest BCUT2D eigenvalue weighted by atomic mass is 16.2. The molecule has 4 rings (SSSR count). The van der Waals surface area contributed by atoms with Crippen LogP contribution in [-0.4, -0.2) is 51.9 Å². The smallest absolute Gasteiger partial charge is 0.271 e. The lowest BCUT2D eigenvalue weighted by atomic mass is 10.0. The molecule has 1 fully saturated rings. The van der Waals surface area contributed by atoms with Crippen molar-refractivity contribution in [2.24, 2.45) is 0 Å². The van der Waals surface area contributed by atoms with Crippen molar-refractivity contribution in [3.63, 3.8) is 0 Å². The van der Waals surface area contributed by atoms with Gasteiger partial charge in [-0.15, -0.1) is 0 Å². The molecule has 1 amide bonds. The van der Waals surface area contributed by atoms with E-state index < -0.39 is 0 Å². The molecule has 0 unspecified atom stereocenters. The minimum Gasteiger partial charge on any atom is -0.376 e. The topological polar surface area (TPSA) is 103 Å². The number of hydrogen-bond acceptors (Lipinski definition) is 6.